The van der Waals surface area contributed by atoms with E-state index in [-0.39, 0.29) is 5.41 Å². The predicted octanol–water partition coefficient (Wildman–Crippen LogP) is 2.83. The highest BCUT2D eigenvalue weighted by Crippen LogP contribution is 2.27. The van der Waals surface area contributed by atoms with Crippen molar-refractivity contribution in [2.45, 2.75) is 46.1 Å². The number of hydrogen-bond acceptors (Lipinski definition) is 4. The van der Waals surface area contributed by atoms with Crippen LogP contribution in [-0.4, -0.2) is 15.0 Å². The number of rotatable bonds is 3. The molecule has 0 aliphatic carbocycles. The lowest BCUT2D eigenvalue weighted by atomic mass is 9.92. The van der Waals surface area contributed by atoms with Gasteiger partial charge in [0.15, 0.2) is 5.82 Å². The first-order valence-corrected chi connectivity index (χ1v) is 7.00. The van der Waals surface area contributed by atoms with E-state index >= 15 is 0 Å². The molecule has 2 rings (SSSR count). The van der Waals surface area contributed by atoms with E-state index in [4.69, 9.17) is 5.73 Å². The first-order chi connectivity index (χ1) is 8.41. The van der Waals surface area contributed by atoms with Crippen LogP contribution < -0.4 is 5.73 Å². The highest BCUT2D eigenvalue weighted by molar-refractivity contribution is 7.11. The Labute approximate surface area is 112 Å². The molecule has 2 aromatic rings. The molecule has 0 amide bonds. The van der Waals surface area contributed by atoms with E-state index in [1.54, 1.807) is 0 Å². The van der Waals surface area contributed by atoms with Crippen LogP contribution in [0.3, 0.4) is 0 Å². The molecule has 0 spiro atoms. The number of aryl methyl sites for hydroxylation is 1. The van der Waals surface area contributed by atoms with Gasteiger partial charge in [-0.3, -0.25) is 0 Å². The van der Waals surface area contributed by atoms with Gasteiger partial charge in [-0.25, -0.2) is 4.68 Å². The van der Waals surface area contributed by atoms with Gasteiger partial charge in [0.1, 0.15) is 0 Å². The molecular formula is C13H20N4S. The lowest BCUT2D eigenvalue weighted by Gasteiger charge is -2.19. The Balaban J connectivity index is 2.29. The molecule has 0 atom stereocenters. The van der Waals surface area contributed by atoms with E-state index in [1.807, 2.05) is 16.0 Å². The molecule has 0 radical (unpaired) electrons. The Morgan fingerprint density at radius 2 is 1.94 bits per heavy atom. The molecule has 0 fully saturated rings. The first kappa shape index (κ1) is 13.1. The smallest absolute Gasteiger partial charge is 0.169 e. The van der Waals surface area contributed by atoms with Gasteiger partial charge in [0, 0.05) is 15.2 Å². The van der Waals surface area contributed by atoms with Gasteiger partial charge in [-0.2, -0.15) is 0 Å². The van der Waals surface area contributed by atoms with Crippen molar-refractivity contribution >= 4 is 17.2 Å². The summed E-state index contributed by atoms with van der Waals surface area (Å²) in [5.41, 5.74) is 6.89. The summed E-state index contributed by atoms with van der Waals surface area (Å²) < 4.78 is 1.92. The summed E-state index contributed by atoms with van der Waals surface area (Å²) >= 11 is 1.83. The molecule has 98 valence electrons. The summed E-state index contributed by atoms with van der Waals surface area (Å²) in [6.07, 6.45) is 1.08. The summed E-state index contributed by atoms with van der Waals surface area (Å²) in [4.78, 5) is 2.69. The largest absolute Gasteiger partial charge is 0.381 e. The van der Waals surface area contributed by atoms with Crippen LogP contribution in [0.4, 0.5) is 5.82 Å². The van der Waals surface area contributed by atoms with E-state index in [0.29, 0.717) is 5.82 Å². The second kappa shape index (κ2) is 4.72. The minimum atomic E-state index is -0.0432. The van der Waals surface area contributed by atoms with Crippen LogP contribution in [-0.2, 0) is 18.4 Å². The number of nitrogen functional groups attached to an aromatic ring is 1. The zero-order chi connectivity index (χ0) is 13.3. The maximum Gasteiger partial charge on any atom is 0.169 e. The maximum atomic E-state index is 5.92. The third kappa shape index (κ3) is 2.56. The van der Waals surface area contributed by atoms with Crippen molar-refractivity contribution in [1.29, 1.82) is 0 Å². The topological polar surface area (TPSA) is 56.7 Å². The molecule has 0 saturated carbocycles. The van der Waals surface area contributed by atoms with Crippen LogP contribution in [0.2, 0.25) is 0 Å². The van der Waals surface area contributed by atoms with Crippen molar-refractivity contribution in [3.63, 3.8) is 0 Å². The quantitative estimate of drug-likeness (QED) is 0.927. The normalized spacial score (nSPS) is 12.0. The zero-order valence-corrected chi connectivity index (χ0v) is 12.2. The van der Waals surface area contributed by atoms with Crippen molar-refractivity contribution in [2.24, 2.45) is 0 Å². The summed E-state index contributed by atoms with van der Waals surface area (Å²) in [7, 11) is 0. The standard InChI is InChI=1S/C13H20N4S/c1-5-9-6-7-10(18-9)8-17-11(13(2,3)4)12(14)15-16-17/h6-7H,5,8,14H2,1-4H3. The van der Waals surface area contributed by atoms with Crippen LogP contribution in [0.15, 0.2) is 12.1 Å². The highest BCUT2D eigenvalue weighted by atomic mass is 32.1. The molecule has 2 N–H and O–H groups in total. The fourth-order valence-corrected chi connectivity index (χ4v) is 2.99. The lowest BCUT2D eigenvalue weighted by Crippen LogP contribution is -2.20. The fourth-order valence-electron chi connectivity index (χ4n) is 2.05. The second-order valence-electron chi connectivity index (χ2n) is 5.45. The van der Waals surface area contributed by atoms with Gasteiger partial charge in [-0.15, -0.1) is 16.4 Å². The molecule has 5 heteroatoms. The van der Waals surface area contributed by atoms with E-state index in [9.17, 15) is 0 Å². The van der Waals surface area contributed by atoms with Gasteiger partial charge in [-0.05, 0) is 18.6 Å². The maximum absolute atomic E-state index is 5.92. The Morgan fingerprint density at radius 1 is 1.28 bits per heavy atom. The van der Waals surface area contributed by atoms with Crippen LogP contribution in [0.1, 0.15) is 43.1 Å². The molecule has 0 aromatic carbocycles. The summed E-state index contributed by atoms with van der Waals surface area (Å²) in [6.45, 7) is 9.31. The van der Waals surface area contributed by atoms with Crippen LogP contribution in [0.5, 0.6) is 0 Å². The Morgan fingerprint density at radius 3 is 2.50 bits per heavy atom. The van der Waals surface area contributed by atoms with Gasteiger partial charge < -0.3 is 5.73 Å². The van der Waals surface area contributed by atoms with Crippen molar-refractivity contribution < 1.29 is 0 Å². The second-order valence-corrected chi connectivity index (χ2v) is 6.71. The van der Waals surface area contributed by atoms with Gasteiger partial charge in [0.25, 0.3) is 0 Å². The third-order valence-electron chi connectivity index (χ3n) is 2.84. The van der Waals surface area contributed by atoms with E-state index in [2.05, 4.69) is 50.1 Å². The number of nitrogens with zero attached hydrogens (tertiary/aromatic N) is 3. The SMILES string of the molecule is CCc1ccc(Cn2nnc(N)c2C(C)(C)C)s1. The van der Waals surface area contributed by atoms with Crippen molar-refractivity contribution in [2.75, 3.05) is 5.73 Å². The average Bonchev–Trinajstić information content (AvgIpc) is 2.85. The van der Waals surface area contributed by atoms with E-state index < -0.39 is 0 Å². The molecule has 18 heavy (non-hydrogen) atoms. The molecule has 0 aliphatic heterocycles. The fraction of sp³-hybridized carbons (Fsp3) is 0.538. The van der Waals surface area contributed by atoms with Gasteiger partial charge in [0.05, 0.1) is 12.2 Å². The summed E-state index contributed by atoms with van der Waals surface area (Å²) in [6, 6.07) is 4.34. The number of anilines is 1. The van der Waals surface area contributed by atoms with Gasteiger partial charge in [0.2, 0.25) is 0 Å². The molecule has 0 unspecified atom stereocenters. The monoisotopic (exact) mass is 264 g/mol. The van der Waals surface area contributed by atoms with Crippen molar-refractivity contribution in [3.05, 3.63) is 27.6 Å². The lowest BCUT2D eigenvalue weighted by molar-refractivity contribution is 0.504. The third-order valence-corrected chi connectivity index (χ3v) is 4.06. The summed E-state index contributed by atoms with van der Waals surface area (Å²) in [5.74, 6) is 0.537. The van der Waals surface area contributed by atoms with Crippen molar-refractivity contribution in [1.82, 2.24) is 15.0 Å². The van der Waals surface area contributed by atoms with Crippen LogP contribution in [0, 0.1) is 0 Å². The Bertz CT molecular complexity index is 533. The first-order valence-electron chi connectivity index (χ1n) is 6.19. The number of hydrogen-bond donors (Lipinski definition) is 1. The molecule has 0 saturated heterocycles. The minimum Gasteiger partial charge on any atom is -0.381 e. The minimum absolute atomic E-state index is 0.0432. The van der Waals surface area contributed by atoms with Gasteiger partial charge >= 0.3 is 0 Å². The zero-order valence-electron chi connectivity index (χ0n) is 11.4. The predicted molar refractivity (Wildman–Crippen MR) is 75.9 cm³/mol. The molecule has 2 aromatic heterocycles. The molecule has 4 nitrogen and oxygen atoms in total. The molecule has 0 aliphatic rings. The number of aromatic nitrogens is 3. The molecule has 2 heterocycles. The van der Waals surface area contributed by atoms with Crippen LogP contribution in [0.25, 0.3) is 0 Å². The van der Waals surface area contributed by atoms with Crippen molar-refractivity contribution in [3.8, 4) is 0 Å². The molecule has 0 bridgehead atoms. The Kier molecular flexibility index (Phi) is 3.43. The average molecular weight is 264 g/mol. The van der Waals surface area contributed by atoms with Gasteiger partial charge in [-0.1, -0.05) is 32.9 Å². The summed E-state index contributed by atoms with van der Waals surface area (Å²) in [5, 5.41) is 8.16. The Hall–Kier alpha value is -1.36. The number of thiophene rings is 1. The number of nitrogens with two attached hydrogens (primary N) is 1. The van der Waals surface area contributed by atoms with E-state index in [0.717, 1.165) is 18.7 Å². The highest BCUT2D eigenvalue weighted by Gasteiger charge is 2.24. The molecular weight excluding hydrogens is 244 g/mol. The van der Waals surface area contributed by atoms with Crippen LogP contribution >= 0.6 is 11.3 Å². The van der Waals surface area contributed by atoms with E-state index in [1.165, 1.54) is 9.75 Å².